The number of aromatic nitrogens is 1. The minimum atomic E-state index is -0.802. The molecule has 60 valence electrons. The van der Waals surface area contributed by atoms with Gasteiger partial charge in [0.15, 0.2) is 0 Å². The molecule has 0 amide bonds. The second-order valence-corrected chi connectivity index (χ2v) is 2.84. The fourth-order valence-corrected chi connectivity index (χ4v) is 1.22. The Morgan fingerprint density at radius 1 is 1.82 bits per heavy atom. The molecule has 1 N–H and O–H groups in total. The van der Waals surface area contributed by atoms with Gasteiger partial charge in [0.05, 0.1) is 12.6 Å². The summed E-state index contributed by atoms with van der Waals surface area (Å²) in [5.41, 5.74) is 0. The van der Waals surface area contributed by atoms with E-state index in [4.69, 9.17) is 9.52 Å². The van der Waals surface area contributed by atoms with Crippen molar-refractivity contribution in [2.75, 3.05) is 5.75 Å². The van der Waals surface area contributed by atoms with Crippen molar-refractivity contribution in [2.24, 2.45) is 0 Å². The third-order valence-electron chi connectivity index (χ3n) is 0.951. The molecule has 0 fully saturated rings. The third-order valence-corrected chi connectivity index (χ3v) is 1.81. The number of nitrogens with zero attached hydrogens (tertiary/aromatic N) is 1. The lowest BCUT2D eigenvalue weighted by molar-refractivity contribution is -0.136. The summed E-state index contributed by atoms with van der Waals surface area (Å²) >= 11 is 1.30. The summed E-state index contributed by atoms with van der Waals surface area (Å²) in [6, 6.07) is 0. The number of hydrogen-bond donors (Lipinski definition) is 1. The highest BCUT2D eigenvalue weighted by Crippen LogP contribution is 2.14. The Kier molecular flexibility index (Phi) is 2.97. The van der Waals surface area contributed by atoms with Gasteiger partial charge in [0.25, 0.3) is 5.22 Å². The topological polar surface area (TPSA) is 63.3 Å². The van der Waals surface area contributed by atoms with Gasteiger partial charge in [-0.25, -0.2) is 4.98 Å². The van der Waals surface area contributed by atoms with Gasteiger partial charge in [0.1, 0.15) is 6.26 Å². The maximum atomic E-state index is 10.1. The van der Waals surface area contributed by atoms with Crippen molar-refractivity contribution in [3.05, 3.63) is 12.5 Å². The molecule has 0 aromatic carbocycles. The first-order valence-electron chi connectivity index (χ1n) is 3.03. The van der Waals surface area contributed by atoms with Gasteiger partial charge in [-0.15, -0.1) is 0 Å². The Morgan fingerprint density at radius 2 is 2.64 bits per heavy atom. The Bertz CT molecular complexity index is 222. The maximum Gasteiger partial charge on any atom is 0.304 e. The van der Waals surface area contributed by atoms with E-state index in [2.05, 4.69) is 4.98 Å². The van der Waals surface area contributed by atoms with Crippen LogP contribution < -0.4 is 0 Å². The van der Waals surface area contributed by atoms with Crippen molar-refractivity contribution in [2.45, 2.75) is 11.6 Å². The van der Waals surface area contributed by atoms with Crippen LogP contribution in [-0.2, 0) is 4.79 Å². The third kappa shape index (κ3) is 3.08. The molecule has 0 aliphatic carbocycles. The molecule has 1 heterocycles. The van der Waals surface area contributed by atoms with Crippen LogP contribution in [-0.4, -0.2) is 21.8 Å². The van der Waals surface area contributed by atoms with Crippen molar-refractivity contribution in [3.63, 3.8) is 0 Å². The van der Waals surface area contributed by atoms with E-state index in [0.717, 1.165) is 0 Å². The van der Waals surface area contributed by atoms with Crippen LogP contribution in [0.4, 0.5) is 0 Å². The molecule has 0 atom stereocenters. The van der Waals surface area contributed by atoms with Crippen molar-refractivity contribution < 1.29 is 14.3 Å². The molecule has 11 heavy (non-hydrogen) atoms. The number of rotatable bonds is 4. The monoisotopic (exact) mass is 173 g/mol. The summed E-state index contributed by atoms with van der Waals surface area (Å²) in [4.78, 5) is 13.9. The zero-order chi connectivity index (χ0) is 8.10. The molecule has 4 nitrogen and oxygen atoms in total. The van der Waals surface area contributed by atoms with E-state index in [1.807, 2.05) is 0 Å². The maximum absolute atomic E-state index is 10.1. The van der Waals surface area contributed by atoms with Gasteiger partial charge in [-0.1, -0.05) is 11.8 Å². The molecule has 0 aliphatic rings. The van der Waals surface area contributed by atoms with Gasteiger partial charge in [-0.3, -0.25) is 4.79 Å². The molecule has 1 aromatic rings. The quantitative estimate of drug-likeness (QED) is 0.694. The van der Waals surface area contributed by atoms with E-state index in [-0.39, 0.29) is 6.42 Å². The summed E-state index contributed by atoms with van der Waals surface area (Å²) < 4.78 is 4.87. The fourth-order valence-electron chi connectivity index (χ4n) is 0.507. The fraction of sp³-hybridized carbons (Fsp3) is 0.333. The smallest absolute Gasteiger partial charge is 0.304 e. The number of thioether (sulfide) groups is 1. The molecule has 0 spiro atoms. The number of carboxylic acid groups (broad SMARTS) is 1. The molecule has 0 saturated carbocycles. The van der Waals surface area contributed by atoms with Gasteiger partial charge < -0.3 is 9.52 Å². The Labute approximate surface area is 67.6 Å². The normalized spacial score (nSPS) is 9.82. The first-order chi connectivity index (χ1) is 5.29. The van der Waals surface area contributed by atoms with Crippen LogP contribution in [0.2, 0.25) is 0 Å². The Morgan fingerprint density at radius 3 is 3.18 bits per heavy atom. The van der Waals surface area contributed by atoms with Crippen LogP contribution >= 0.6 is 11.8 Å². The molecule has 0 bridgehead atoms. The number of hydrogen-bond acceptors (Lipinski definition) is 4. The van der Waals surface area contributed by atoms with Gasteiger partial charge in [0, 0.05) is 5.75 Å². The van der Waals surface area contributed by atoms with Crippen molar-refractivity contribution >= 4 is 17.7 Å². The summed E-state index contributed by atoms with van der Waals surface area (Å²) in [5.74, 6) is -0.306. The summed E-state index contributed by atoms with van der Waals surface area (Å²) in [6.07, 6.45) is 3.12. The van der Waals surface area contributed by atoms with E-state index >= 15 is 0 Å². The predicted molar refractivity (Wildman–Crippen MR) is 39.5 cm³/mol. The second kappa shape index (κ2) is 4.02. The van der Waals surface area contributed by atoms with E-state index in [9.17, 15) is 4.79 Å². The van der Waals surface area contributed by atoms with Crippen molar-refractivity contribution in [1.29, 1.82) is 0 Å². The lowest BCUT2D eigenvalue weighted by Crippen LogP contribution is -1.95. The predicted octanol–water partition coefficient (Wildman–Crippen LogP) is 1.24. The standard InChI is InChI=1S/C6H7NO3S/c8-5(9)1-4-11-6-7-2-3-10-6/h2-3H,1,4H2,(H,8,9). The zero-order valence-corrected chi connectivity index (χ0v) is 6.50. The molecule has 5 heteroatoms. The second-order valence-electron chi connectivity index (χ2n) is 1.79. The first-order valence-corrected chi connectivity index (χ1v) is 4.01. The first kappa shape index (κ1) is 8.13. The van der Waals surface area contributed by atoms with Crippen LogP contribution in [0.15, 0.2) is 22.1 Å². The van der Waals surface area contributed by atoms with Crippen LogP contribution in [0.25, 0.3) is 0 Å². The average Bonchev–Trinajstić information content (AvgIpc) is 2.39. The van der Waals surface area contributed by atoms with E-state index in [1.54, 1.807) is 0 Å². The lowest BCUT2D eigenvalue weighted by Gasteiger charge is -1.90. The summed E-state index contributed by atoms with van der Waals surface area (Å²) in [6.45, 7) is 0. The van der Waals surface area contributed by atoms with E-state index < -0.39 is 5.97 Å². The van der Waals surface area contributed by atoms with Gasteiger partial charge in [-0.2, -0.15) is 0 Å². The number of oxazole rings is 1. The highest BCUT2D eigenvalue weighted by atomic mass is 32.2. The number of aliphatic carboxylic acids is 1. The minimum Gasteiger partial charge on any atom is -0.481 e. The Balaban J connectivity index is 2.19. The minimum absolute atomic E-state index is 0.132. The number of carbonyl (C=O) groups is 1. The number of carboxylic acids is 1. The summed E-state index contributed by atoms with van der Waals surface area (Å²) in [7, 11) is 0. The molecule has 1 rings (SSSR count). The van der Waals surface area contributed by atoms with Crippen LogP contribution in [0, 0.1) is 0 Å². The van der Waals surface area contributed by atoms with Crippen LogP contribution in [0.3, 0.4) is 0 Å². The largest absolute Gasteiger partial charge is 0.481 e. The van der Waals surface area contributed by atoms with Crippen LogP contribution in [0.1, 0.15) is 6.42 Å². The van der Waals surface area contributed by atoms with Gasteiger partial charge in [0.2, 0.25) is 0 Å². The molecule has 1 aromatic heterocycles. The summed E-state index contributed by atoms with van der Waals surface area (Å²) in [5, 5.41) is 8.80. The van der Waals surface area contributed by atoms with E-state index in [1.165, 1.54) is 24.2 Å². The van der Waals surface area contributed by atoms with Crippen molar-refractivity contribution in [3.8, 4) is 0 Å². The van der Waals surface area contributed by atoms with E-state index in [0.29, 0.717) is 11.0 Å². The molecular weight excluding hydrogens is 166 g/mol. The van der Waals surface area contributed by atoms with Gasteiger partial charge >= 0.3 is 5.97 Å². The molecule has 0 unspecified atom stereocenters. The Hall–Kier alpha value is -0.970. The average molecular weight is 173 g/mol. The van der Waals surface area contributed by atoms with Gasteiger partial charge in [-0.05, 0) is 0 Å². The lowest BCUT2D eigenvalue weighted by atomic mass is 10.5. The molecular formula is C6H7NO3S. The van der Waals surface area contributed by atoms with Crippen LogP contribution in [0.5, 0.6) is 0 Å². The molecule has 0 radical (unpaired) electrons. The van der Waals surface area contributed by atoms with Crippen molar-refractivity contribution in [1.82, 2.24) is 4.98 Å². The highest BCUT2D eigenvalue weighted by molar-refractivity contribution is 7.99. The molecule has 0 aliphatic heterocycles. The zero-order valence-electron chi connectivity index (χ0n) is 5.69. The molecule has 0 saturated heterocycles. The SMILES string of the molecule is O=C(O)CCSc1ncco1. The highest BCUT2D eigenvalue weighted by Gasteiger charge is 2.00.